The summed E-state index contributed by atoms with van der Waals surface area (Å²) in [6.45, 7) is 2.54. The van der Waals surface area contributed by atoms with E-state index in [1.54, 1.807) is 41.3 Å². The first-order chi connectivity index (χ1) is 12.5. The van der Waals surface area contributed by atoms with E-state index in [-0.39, 0.29) is 17.4 Å². The molecule has 0 aliphatic carbocycles. The number of anilines is 1. The minimum Gasteiger partial charge on any atom is -0.327 e. The summed E-state index contributed by atoms with van der Waals surface area (Å²) in [4.78, 5) is 27.3. The van der Waals surface area contributed by atoms with Gasteiger partial charge in [-0.3, -0.25) is 9.59 Å². The van der Waals surface area contributed by atoms with E-state index in [1.807, 2.05) is 0 Å². The molecule has 0 atom stereocenters. The lowest BCUT2D eigenvalue weighted by atomic mass is 10.1. The molecule has 7 heteroatoms. The molecule has 136 valence electrons. The maximum Gasteiger partial charge on any atom is 0.279 e. The van der Waals surface area contributed by atoms with Crippen LogP contribution in [0, 0.1) is 5.82 Å². The fraction of sp³-hybridized carbons (Fsp3) is 0.263. The van der Waals surface area contributed by atoms with Gasteiger partial charge in [0.15, 0.2) is 6.54 Å². The molecule has 0 aromatic heterocycles. The number of hydrogen-bond acceptors (Lipinski definition) is 2. The number of rotatable bonds is 4. The van der Waals surface area contributed by atoms with Gasteiger partial charge in [-0.2, -0.15) is 0 Å². The Kier molecular flexibility index (Phi) is 5.85. The molecule has 0 unspecified atom stereocenters. The molecule has 0 spiro atoms. The minimum absolute atomic E-state index is 0.0902. The van der Waals surface area contributed by atoms with E-state index in [0.717, 1.165) is 4.90 Å². The first kappa shape index (κ1) is 18.4. The van der Waals surface area contributed by atoms with Gasteiger partial charge in [0, 0.05) is 0 Å². The Balaban J connectivity index is 1.51. The van der Waals surface area contributed by atoms with Crippen molar-refractivity contribution >= 4 is 29.1 Å². The van der Waals surface area contributed by atoms with Crippen LogP contribution in [0.2, 0.25) is 5.02 Å². The van der Waals surface area contributed by atoms with Crippen LogP contribution in [0.5, 0.6) is 0 Å². The van der Waals surface area contributed by atoms with Gasteiger partial charge in [0.1, 0.15) is 5.82 Å². The fourth-order valence-corrected chi connectivity index (χ4v) is 3.17. The quantitative estimate of drug-likeness (QED) is 0.848. The predicted molar refractivity (Wildman–Crippen MR) is 97.9 cm³/mol. The van der Waals surface area contributed by atoms with Crippen molar-refractivity contribution in [2.75, 3.05) is 38.0 Å². The van der Waals surface area contributed by atoms with Crippen molar-refractivity contribution in [1.82, 2.24) is 4.90 Å². The molecular formula is C19H20ClFN3O2+. The van der Waals surface area contributed by atoms with Gasteiger partial charge in [-0.1, -0.05) is 35.9 Å². The first-order valence-corrected chi connectivity index (χ1v) is 8.84. The third-order valence-electron chi connectivity index (χ3n) is 4.42. The molecule has 2 aromatic carbocycles. The van der Waals surface area contributed by atoms with Crippen LogP contribution in [0.4, 0.5) is 10.1 Å². The molecule has 1 aliphatic heterocycles. The number of amides is 2. The van der Waals surface area contributed by atoms with Crippen LogP contribution in [-0.4, -0.2) is 49.4 Å². The van der Waals surface area contributed by atoms with Crippen LogP contribution in [0.25, 0.3) is 0 Å². The monoisotopic (exact) mass is 376 g/mol. The average molecular weight is 377 g/mol. The Morgan fingerprint density at radius 1 is 1.08 bits per heavy atom. The van der Waals surface area contributed by atoms with Crippen molar-refractivity contribution in [2.24, 2.45) is 0 Å². The highest BCUT2D eigenvalue weighted by atomic mass is 35.5. The van der Waals surface area contributed by atoms with E-state index in [9.17, 15) is 14.0 Å². The maximum atomic E-state index is 13.8. The summed E-state index contributed by atoms with van der Waals surface area (Å²) in [7, 11) is 0. The van der Waals surface area contributed by atoms with Crippen LogP contribution in [0.15, 0.2) is 48.5 Å². The van der Waals surface area contributed by atoms with Crippen LogP contribution in [-0.2, 0) is 4.79 Å². The summed E-state index contributed by atoms with van der Waals surface area (Å²) in [5.41, 5.74) is 0.680. The number of nitrogens with one attached hydrogen (secondary N) is 2. The molecule has 1 fully saturated rings. The molecule has 2 aromatic rings. The summed E-state index contributed by atoms with van der Waals surface area (Å²) in [5, 5.41) is 3.30. The van der Waals surface area contributed by atoms with Crippen LogP contribution in [0.1, 0.15) is 10.4 Å². The second-order valence-electron chi connectivity index (χ2n) is 6.23. The van der Waals surface area contributed by atoms with Gasteiger partial charge in [-0.25, -0.2) is 4.39 Å². The number of quaternary nitrogens is 1. The normalized spacial score (nSPS) is 14.9. The maximum absolute atomic E-state index is 13.8. The van der Waals surface area contributed by atoms with Crippen molar-refractivity contribution in [2.45, 2.75) is 0 Å². The van der Waals surface area contributed by atoms with Gasteiger partial charge in [0.2, 0.25) is 0 Å². The molecule has 26 heavy (non-hydrogen) atoms. The fourth-order valence-electron chi connectivity index (χ4n) is 2.99. The largest absolute Gasteiger partial charge is 0.327 e. The number of piperazine rings is 1. The van der Waals surface area contributed by atoms with E-state index in [2.05, 4.69) is 5.32 Å². The molecule has 1 saturated heterocycles. The van der Waals surface area contributed by atoms with Gasteiger partial charge in [0.25, 0.3) is 11.8 Å². The lowest BCUT2D eigenvalue weighted by Gasteiger charge is -2.32. The van der Waals surface area contributed by atoms with Crippen LogP contribution >= 0.6 is 11.6 Å². The number of benzene rings is 2. The first-order valence-electron chi connectivity index (χ1n) is 8.46. The van der Waals surface area contributed by atoms with E-state index in [1.165, 1.54) is 12.1 Å². The smallest absolute Gasteiger partial charge is 0.279 e. The third kappa shape index (κ3) is 4.39. The summed E-state index contributed by atoms with van der Waals surface area (Å²) in [6.07, 6.45) is 0. The Labute approximate surface area is 156 Å². The highest BCUT2D eigenvalue weighted by molar-refractivity contribution is 6.33. The van der Waals surface area contributed by atoms with Crippen molar-refractivity contribution in [3.8, 4) is 0 Å². The average Bonchev–Trinajstić information content (AvgIpc) is 2.64. The summed E-state index contributed by atoms with van der Waals surface area (Å²) < 4.78 is 13.8. The highest BCUT2D eigenvalue weighted by Gasteiger charge is 2.27. The van der Waals surface area contributed by atoms with E-state index >= 15 is 0 Å². The van der Waals surface area contributed by atoms with Crippen molar-refractivity contribution in [1.29, 1.82) is 0 Å². The molecule has 0 radical (unpaired) electrons. The third-order valence-corrected chi connectivity index (χ3v) is 4.75. The number of para-hydroxylation sites is 1. The van der Waals surface area contributed by atoms with Gasteiger partial charge in [0.05, 0.1) is 42.5 Å². The van der Waals surface area contributed by atoms with Crippen molar-refractivity contribution in [3.63, 3.8) is 0 Å². The zero-order chi connectivity index (χ0) is 18.5. The van der Waals surface area contributed by atoms with Gasteiger partial charge in [-0.15, -0.1) is 0 Å². The SMILES string of the molecule is O=C(C[NH+]1CCN(C(=O)c2ccccc2F)CC1)Nc1ccccc1Cl. The Morgan fingerprint density at radius 3 is 2.42 bits per heavy atom. The zero-order valence-corrected chi connectivity index (χ0v) is 14.9. The number of carbonyl (C=O) groups is 2. The molecule has 1 heterocycles. The number of nitrogens with zero attached hydrogens (tertiary/aromatic N) is 1. The molecule has 0 bridgehead atoms. The van der Waals surface area contributed by atoms with Gasteiger partial charge in [-0.05, 0) is 24.3 Å². The Bertz CT molecular complexity index is 807. The molecule has 2 amide bonds. The van der Waals surface area contributed by atoms with E-state index in [4.69, 9.17) is 11.6 Å². The number of carbonyl (C=O) groups excluding carboxylic acids is 2. The van der Waals surface area contributed by atoms with Crippen LogP contribution in [0.3, 0.4) is 0 Å². The van der Waals surface area contributed by atoms with Crippen LogP contribution < -0.4 is 10.2 Å². The highest BCUT2D eigenvalue weighted by Crippen LogP contribution is 2.19. The second-order valence-corrected chi connectivity index (χ2v) is 6.63. The molecule has 1 aliphatic rings. The molecule has 5 nitrogen and oxygen atoms in total. The van der Waals surface area contributed by atoms with Crippen molar-refractivity contribution < 1.29 is 18.9 Å². The Morgan fingerprint density at radius 2 is 1.73 bits per heavy atom. The lowest BCUT2D eigenvalue weighted by molar-refractivity contribution is -0.895. The zero-order valence-electron chi connectivity index (χ0n) is 14.2. The lowest BCUT2D eigenvalue weighted by Crippen LogP contribution is -3.15. The topological polar surface area (TPSA) is 53.9 Å². The minimum atomic E-state index is -0.508. The standard InChI is InChI=1S/C19H19ClFN3O2/c20-15-6-2-4-8-17(15)22-18(25)13-23-9-11-24(12-10-23)19(26)14-5-1-3-7-16(14)21/h1-8H,9-13H2,(H,22,25)/p+1. The Hall–Kier alpha value is -2.44. The van der Waals surface area contributed by atoms with E-state index < -0.39 is 5.82 Å². The summed E-state index contributed by atoms with van der Waals surface area (Å²) in [5.74, 6) is -0.934. The molecule has 2 N–H and O–H groups in total. The van der Waals surface area contributed by atoms with Crippen molar-refractivity contribution in [3.05, 3.63) is 64.9 Å². The number of hydrogen-bond donors (Lipinski definition) is 2. The molecular weight excluding hydrogens is 357 g/mol. The predicted octanol–water partition coefficient (Wildman–Crippen LogP) is 1.46. The summed E-state index contributed by atoms with van der Waals surface area (Å²) in [6, 6.07) is 13.1. The second kappa shape index (κ2) is 8.29. The molecule has 0 saturated carbocycles. The van der Waals surface area contributed by atoms with Gasteiger partial charge >= 0.3 is 0 Å². The van der Waals surface area contributed by atoms with Gasteiger partial charge < -0.3 is 15.1 Å². The number of halogens is 2. The summed E-state index contributed by atoms with van der Waals surface area (Å²) >= 11 is 6.04. The molecule has 3 rings (SSSR count). The van der Waals surface area contributed by atoms with E-state index in [0.29, 0.717) is 43.4 Å².